The van der Waals surface area contributed by atoms with E-state index in [1.807, 2.05) is 56.4 Å². The van der Waals surface area contributed by atoms with Gasteiger partial charge < -0.3 is 19.1 Å². The maximum atomic E-state index is 12.1. The molecule has 40 heavy (non-hydrogen) atoms. The fourth-order valence-corrected chi connectivity index (χ4v) is 5.63. The molecule has 7 nitrogen and oxygen atoms in total. The van der Waals surface area contributed by atoms with Crippen LogP contribution in [0.2, 0.25) is 0 Å². The van der Waals surface area contributed by atoms with Gasteiger partial charge in [0.15, 0.2) is 0 Å². The van der Waals surface area contributed by atoms with Crippen molar-refractivity contribution in [3.05, 3.63) is 60.0 Å². The van der Waals surface area contributed by atoms with E-state index in [9.17, 15) is 4.79 Å². The Morgan fingerprint density at radius 3 is 2.65 bits per heavy atom. The smallest absolute Gasteiger partial charge is 0.314 e. The van der Waals surface area contributed by atoms with Crippen molar-refractivity contribution in [1.29, 1.82) is 0 Å². The van der Waals surface area contributed by atoms with Crippen LogP contribution < -0.4 is 14.4 Å². The van der Waals surface area contributed by atoms with Crippen LogP contribution in [0.4, 0.5) is 5.69 Å². The Labute approximate surface area is 240 Å². The fraction of sp³-hybridized carbons (Fsp3) is 0.438. The number of anilines is 1. The summed E-state index contributed by atoms with van der Waals surface area (Å²) in [6.07, 6.45) is 2.81. The van der Waals surface area contributed by atoms with Crippen molar-refractivity contribution >= 4 is 44.0 Å². The van der Waals surface area contributed by atoms with Gasteiger partial charge in [0.1, 0.15) is 5.75 Å². The molecule has 0 N–H and O–H groups in total. The molecule has 8 heteroatoms. The number of carbonyl (C=O) groups is 1. The highest BCUT2D eigenvalue weighted by molar-refractivity contribution is 7.17. The molecule has 2 aromatic heterocycles. The van der Waals surface area contributed by atoms with Crippen molar-refractivity contribution in [3.63, 3.8) is 0 Å². The van der Waals surface area contributed by atoms with Crippen LogP contribution in [0.1, 0.15) is 40.0 Å². The van der Waals surface area contributed by atoms with E-state index in [2.05, 4.69) is 44.4 Å². The zero-order valence-electron chi connectivity index (χ0n) is 23.7. The highest BCUT2D eigenvalue weighted by Crippen LogP contribution is 2.31. The molecule has 0 atom stereocenters. The number of aromatic nitrogens is 1. The Kier molecular flexibility index (Phi) is 9.07. The lowest BCUT2D eigenvalue weighted by molar-refractivity contribution is -0.161. The summed E-state index contributed by atoms with van der Waals surface area (Å²) in [4.78, 5) is 21.8. The van der Waals surface area contributed by atoms with Gasteiger partial charge in [0, 0.05) is 59.5 Å². The van der Waals surface area contributed by atoms with E-state index in [-0.39, 0.29) is 12.8 Å². The van der Waals surface area contributed by atoms with Crippen LogP contribution >= 0.6 is 11.3 Å². The third kappa shape index (κ3) is 6.85. The van der Waals surface area contributed by atoms with Gasteiger partial charge in [-0.15, -0.1) is 11.3 Å². The summed E-state index contributed by atoms with van der Waals surface area (Å²) in [6, 6.07) is 18.5. The molecule has 5 rings (SSSR count). The minimum Gasteiger partial charge on any atom is -0.494 e. The van der Waals surface area contributed by atoms with Gasteiger partial charge in [-0.1, -0.05) is 13.0 Å². The minimum absolute atomic E-state index is 0.156. The number of unbranched alkanes of at least 4 members (excludes halogenated alkanes) is 1. The van der Waals surface area contributed by atoms with Crippen LogP contribution in [0.15, 0.2) is 60.0 Å². The number of esters is 1. The van der Waals surface area contributed by atoms with Gasteiger partial charge in [-0.2, -0.15) is 0 Å². The van der Waals surface area contributed by atoms with Crippen LogP contribution in [-0.2, 0) is 9.53 Å². The summed E-state index contributed by atoms with van der Waals surface area (Å²) in [5.74, 6) is 0.934. The van der Waals surface area contributed by atoms with Gasteiger partial charge in [0.25, 0.3) is 0 Å². The molecule has 212 valence electrons. The molecule has 0 spiro atoms. The Morgan fingerprint density at radius 2 is 1.82 bits per heavy atom. The third-order valence-electron chi connectivity index (χ3n) is 7.79. The molecule has 1 aliphatic rings. The van der Waals surface area contributed by atoms with E-state index in [1.165, 1.54) is 15.8 Å². The molecule has 0 amide bonds. The Morgan fingerprint density at radius 1 is 1.00 bits per heavy atom. The Bertz CT molecular complexity index is 1430. The third-order valence-corrected chi connectivity index (χ3v) is 8.68. The van der Waals surface area contributed by atoms with Crippen LogP contribution in [0, 0.1) is 5.41 Å². The highest BCUT2D eigenvalue weighted by atomic mass is 32.1. The fourth-order valence-electron chi connectivity index (χ4n) is 4.83. The zero-order chi connectivity index (χ0) is 28.0. The zero-order valence-corrected chi connectivity index (χ0v) is 24.5. The average Bonchev–Trinajstić information content (AvgIpc) is 3.46. The number of rotatable bonds is 12. The van der Waals surface area contributed by atoms with Crippen molar-refractivity contribution < 1.29 is 19.0 Å². The van der Waals surface area contributed by atoms with E-state index in [0.29, 0.717) is 18.9 Å². The monoisotopic (exact) mass is 561 g/mol. The lowest BCUT2D eigenvalue weighted by Gasteiger charge is -2.36. The van der Waals surface area contributed by atoms with Gasteiger partial charge in [0.05, 0.1) is 17.5 Å². The van der Waals surface area contributed by atoms with E-state index in [0.717, 1.165) is 62.2 Å². The SMILES string of the molecule is CCC(C)(C)C(=O)OCOc1ccc2ccc(OCCCCN3CCN(c4cccc5sccc45)CC3)cc2n1. The number of hydrogen-bond donors (Lipinski definition) is 0. The maximum Gasteiger partial charge on any atom is 0.314 e. The topological polar surface area (TPSA) is 64.1 Å². The number of benzene rings is 2. The molecule has 1 aliphatic heterocycles. The second-order valence-electron chi connectivity index (χ2n) is 10.9. The van der Waals surface area contributed by atoms with E-state index in [1.54, 1.807) is 6.07 Å². The molecule has 0 bridgehead atoms. The van der Waals surface area contributed by atoms with Gasteiger partial charge in [-0.05, 0) is 81.4 Å². The maximum absolute atomic E-state index is 12.1. The standard InChI is InChI=1S/C32H39N3O4S/c1-4-32(2,3)31(36)39-23-38-30-13-11-24-10-12-25(22-27(24)33-30)37-20-6-5-15-34-16-18-35(19-17-34)28-8-7-9-29-26(28)14-21-40-29/h7-14,21-22H,4-6,15-20,23H2,1-3H3. The molecule has 4 aromatic rings. The number of ether oxygens (including phenoxy) is 3. The van der Waals surface area contributed by atoms with Crippen LogP contribution in [0.5, 0.6) is 11.6 Å². The summed E-state index contributed by atoms with van der Waals surface area (Å²) < 4.78 is 18.2. The first-order chi connectivity index (χ1) is 19.4. The van der Waals surface area contributed by atoms with Crippen molar-refractivity contribution in [2.75, 3.05) is 51.0 Å². The van der Waals surface area contributed by atoms with Crippen molar-refractivity contribution in [1.82, 2.24) is 9.88 Å². The van der Waals surface area contributed by atoms with Gasteiger partial charge in [0.2, 0.25) is 12.7 Å². The number of carbonyl (C=O) groups excluding carboxylic acids is 1. The van der Waals surface area contributed by atoms with Gasteiger partial charge in [-0.3, -0.25) is 9.69 Å². The quantitative estimate of drug-likeness (QED) is 0.108. The Hall–Kier alpha value is -3.36. The predicted molar refractivity (Wildman–Crippen MR) is 163 cm³/mol. The van der Waals surface area contributed by atoms with Crippen molar-refractivity contribution in [2.24, 2.45) is 5.41 Å². The number of thiophene rings is 1. The Balaban J connectivity index is 1.03. The summed E-state index contributed by atoms with van der Waals surface area (Å²) in [7, 11) is 0. The molecule has 3 heterocycles. The number of nitrogens with zero attached hydrogens (tertiary/aromatic N) is 3. The second-order valence-corrected chi connectivity index (χ2v) is 11.9. The summed E-state index contributed by atoms with van der Waals surface area (Å²) in [5, 5.41) is 4.56. The molecule has 2 aromatic carbocycles. The summed E-state index contributed by atoms with van der Waals surface area (Å²) in [6.45, 7) is 11.6. The minimum atomic E-state index is -0.527. The average molecular weight is 562 g/mol. The molecule has 0 aliphatic carbocycles. The second kappa shape index (κ2) is 12.9. The summed E-state index contributed by atoms with van der Waals surface area (Å²) >= 11 is 1.81. The lowest BCUT2D eigenvalue weighted by Crippen LogP contribution is -2.46. The highest BCUT2D eigenvalue weighted by Gasteiger charge is 2.27. The number of fused-ring (bicyclic) bond motifs is 2. The van der Waals surface area contributed by atoms with E-state index >= 15 is 0 Å². The molecule has 1 saturated heterocycles. The number of pyridine rings is 1. The molecule has 0 radical (unpaired) electrons. The van der Waals surface area contributed by atoms with Crippen LogP contribution in [0.25, 0.3) is 21.0 Å². The molecule has 1 fully saturated rings. The van der Waals surface area contributed by atoms with Gasteiger partial charge in [-0.25, -0.2) is 4.98 Å². The first-order valence-corrected chi connectivity index (χ1v) is 15.1. The molecular formula is C32H39N3O4S. The lowest BCUT2D eigenvalue weighted by atomic mass is 9.91. The van der Waals surface area contributed by atoms with Crippen LogP contribution in [-0.4, -0.2) is 62.0 Å². The number of piperazine rings is 1. The number of hydrogen-bond acceptors (Lipinski definition) is 8. The van der Waals surface area contributed by atoms with Crippen molar-refractivity contribution in [2.45, 2.75) is 40.0 Å². The van der Waals surface area contributed by atoms with Crippen LogP contribution in [0.3, 0.4) is 0 Å². The normalized spacial score (nSPS) is 14.5. The predicted octanol–water partition coefficient (Wildman–Crippen LogP) is 6.75. The van der Waals surface area contributed by atoms with Gasteiger partial charge >= 0.3 is 5.97 Å². The van der Waals surface area contributed by atoms with E-state index < -0.39 is 5.41 Å². The summed E-state index contributed by atoms with van der Waals surface area (Å²) in [5.41, 5.74) is 1.63. The van der Waals surface area contributed by atoms with E-state index in [4.69, 9.17) is 14.2 Å². The largest absolute Gasteiger partial charge is 0.494 e. The molecular weight excluding hydrogens is 522 g/mol. The molecule has 0 saturated carbocycles. The molecule has 0 unspecified atom stereocenters. The van der Waals surface area contributed by atoms with Crippen molar-refractivity contribution in [3.8, 4) is 11.6 Å². The first-order valence-electron chi connectivity index (χ1n) is 14.2. The first kappa shape index (κ1) is 28.2.